The maximum absolute atomic E-state index is 13.5. The van der Waals surface area contributed by atoms with E-state index in [2.05, 4.69) is 65.6 Å². The minimum atomic E-state index is -0.486. The predicted octanol–water partition coefficient (Wildman–Crippen LogP) is 6.34. The van der Waals surface area contributed by atoms with Crippen LogP contribution in [-0.4, -0.2) is 29.1 Å². The highest BCUT2D eigenvalue weighted by Crippen LogP contribution is 2.26. The van der Waals surface area contributed by atoms with E-state index in [0.717, 1.165) is 11.0 Å². The first-order valence-corrected chi connectivity index (χ1v) is 10.5. The number of fused-ring (bicyclic) bond motifs is 2. The molecule has 0 aliphatic carbocycles. The van der Waals surface area contributed by atoms with E-state index in [1.165, 1.54) is 0 Å². The van der Waals surface area contributed by atoms with Crippen molar-refractivity contribution in [3.63, 3.8) is 0 Å². The van der Waals surface area contributed by atoms with Crippen LogP contribution in [0.1, 0.15) is 39.8 Å². The van der Waals surface area contributed by atoms with E-state index in [1.807, 2.05) is 24.5 Å². The van der Waals surface area contributed by atoms with Gasteiger partial charge in [0.1, 0.15) is 20.2 Å². The van der Waals surface area contributed by atoms with Crippen molar-refractivity contribution in [2.24, 2.45) is 0 Å². The molecule has 0 radical (unpaired) electrons. The quantitative estimate of drug-likeness (QED) is 0.283. The summed E-state index contributed by atoms with van der Waals surface area (Å²) in [5.41, 5.74) is 2.84. The topological polar surface area (TPSA) is 61.4 Å². The van der Waals surface area contributed by atoms with E-state index >= 15 is 0 Å². The first kappa shape index (κ1) is 21.1. The monoisotopic (exact) mass is 530 g/mol. The van der Waals surface area contributed by atoms with Crippen LogP contribution in [0.15, 0.2) is 34.0 Å². The van der Waals surface area contributed by atoms with Crippen LogP contribution < -0.4 is 0 Å². The third kappa shape index (κ3) is 4.21. The Morgan fingerprint density at radius 3 is 1.86 bits per heavy atom. The third-order valence-corrected chi connectivity index (χ3v) is 5.15. The summed E-state index contributed by atoms with van der Waals surface area (Å²) in [6, 6.07) is 4.08. The summed E-state index contributed by atoms with van der Waals surface area (Å²) in [7, 11) is 0. The Hall–Kier alpha value is -1.58. The lowest BCUT2D eigenvalue weighted by atomic mass is 10.3. The summed E-state index contributed by atoms with van der Waals surface area (Å²) < 4.78 is 18.5. The number of rotatable bonds is 2. The average Bonchev–Trinajstić information content (AvgIpc) is 3.19. The number of hydrogen-bond donors (Lipinski definition) is 0. The van der Waals surface area contributed by atoms with Crippen LogP contribution in [0.3, 0.4) is 0 Å². The molecule has 28 heavy (non-hydrogen) atoms. The summed E-state index contributed by atoms with van der Waals surface area (Å²) in [5, 5.41) is 0.487. The summed E-state index contributed by atoms with van der Waals surface area (Å²) in [6.07, 6.45) is 3.42. The standard InChI is InChI=1S/C9H9BrClN3.C9H9BrFN3/c2*1-5(2)14-4-12-6-3-7(10)13-9(11)8(6)14/h2*3-5H,1-2H3. The van der Waals surface area contributed by atoms with Crippen molar-refractivity contribution in [3.8, 4) is 0 Å². The molecule has 4 aromatic rings. The van der Waals surface area contributed by atoms with Crippen LogP contribution in [0.4, 0.5) is 4.39 Å². The Labute approximate surface area is 183 Å². The highest BCUT2D eigenvalue weighted by molar-refractivity contribution is 9.10. The lowest BCUT2D eigenvalue weighted by Gasteiger charge is -2.08. The number of nitrogens with zero attached hydrogens (tertiary/aromatic N) is 6. The molecule has 6 nitrogen and oxygen atoms in total. The molecule has 0 N–H and O–H groups in total. The molecule has 0 aromatic carbocycles. The van der Waals surface area contributed by atoms with Gasteiger partial charge in [-0.2, -0.15) is 4.39 Å². The Morgan fingerprint density at radius 2 is 1.32 bits per heavy atom. The van der Waals surface area contributed by atoms with Crippen molar-refractivity contribution >= 4 is 65.5 Å². The predicted molar refractivity (Wildman–Crippen MR) is 116 cm³/mol. The minimum absolute atomic E-state index is 0.178. The van der Waals surface area contributed by atoms with Crippen LogP contribution in [0.25, 0.3) is 22.1 Å². The molecule has 0 saturated heterocycles. The molecule has 0 aliphatic rings. The SMILES string of the molecule is CC(C)n1cnc2cc(Br)nc(Cl)c21.CC(C)n1cnc2cc(Br)nc(F)c21. The second-order valence-corrected chi connectivity index (χ2v) is 8.68. The van der Waals surface area contributed by atoms with Gasteiger partial charge in [0.15, 0.2) is 5.15 Å². The van der Waals surface area contributed by atoms with E-state index in [-0.39, 0.29) is 6.04 Å². The van der Waals surface area contributed by atoms with Gasteiger partial charge in [0.25, 0.3) is 0 Å². The molecule has 0 amide bonds. The normalized spacial score (nSPS) is 11.5. The van der Waals surface area contributed by atoms with Gasteiger partial charge in [-0.05, 0) is 71.7 Å². The fourth-order valence-electron chi connectivity index (χ4n) is 2.75. The second-order valence-electron chi connectivity index (χ2n) is 6.70. The van der Waals surface area contributed by atoms with Gasteiger partial charge < -0.3 is 9.13 Å². The first-order chi connectivity index (χ1) is 13.2. The minimum Gasteiger partial charge on any atom is -0.326 e. The van der Waals surface area contributed by atoms with Crippen molar-refractivity contribution in [2.75, 3.05) is 0 Å². The highest BCUT2D eigenvalue weighted by atomic mass is 79.9. The van der Waals surface area contributed by atoms with Crippen molar-refractivity contribution in [3.05, 3.63) is 45.1 Å². The van der Waals surface area contributed by atoms with E-state index in [9.17, 15) is 4.39 Å². The molecule has 0 aliphatic heterocycles. The smallest absolute Gasteiger partial charge is 0.240 e. The summed E-state index contributed by atoms with van der Waals surface area (Å²) in [5.74, 6) is -0.486. The first-order valence-electron chi connectivity index (χ1n) is 8.56. The van der Waals surface area contributed by atoms with E-state index in [4.69, 9.17) is 11.6 Å². The molecule has 0 unspecified atom stereocenters. The van der Waals surface area contributed by atoms with Crippen LogP contribution in [0.2, 0.25) is 5.15 Å². The molecule has 0 saturated carbocycles. The van der Waals surface area contributed by atoms with Crippen LogP contribution in [0, 0.1) is 5.95 Å². The van der Waals surface area contributed by atoms with E-state index in [1.54, 1.807) is 23.3 Å². The molecule has 10 heteroatoms. The fourth-order valence-corrected chi connectivity index (χ4v) is 3.91. The van der Waals surface area contributed by atoms with Gasteiger partial charge in [-0.25, -0.2) is 19.9 Å². The van der Waals surface area contributed by atoms with Crippen LogP contribution >= 0.6 is 43.5 Å². The largest absolute Gasteiger partial charge is 0.326 e. The van der Waals surface area contributed by atoms with Crippen LogP contribution in [-0.2, 0) is 0 Å². The van der Waals surface area contributed by atoms with E-state index in [0.29, 0.717) is 31.4 Å². The maximum Gasteiger partial charge on any atom is 0.240 e. The highest BCUT2D eigenvalue weighted by Gasteiger charge is 2.12. The number of aromatic nitrogens is 6. The Kier molecular flexibility index (Phi) is 6.36. The number of hydrogen-bond acceptors (Lipinski definition) is 4. The van der Waals surface area contributed by atoms with Gasteiger partial charge >= 0.3 is 0 Å². The molecular formula is C18H18Br2ClFN6. The van der Waals surface area contributed by atoms with Crippen molar-refractivity contribution in [2.45, 2.75) is 39.8 Å². The van der Waals surface area contributed by atoms with Crippen molar-refractivity contribution < 1.29 is 4.39 Å². The zero-order chi connectivity index (χ0) is 20.6. The van der Waals surface area contributed by atoms with Crippen molar-refractivity contribution in [1.82, 2.24) is 29.1 Å². The summed E-state index contributed by atoms with van der Waals surface area (Å²) in [4.78, 5) is 16.2. The molecule has 0 bridgehead atoms. The average molecular weight is 533 g/mol. The fraction of sp³-hybridized carbons (Fsp3) is 0.333. The molecule has 148 valence electrons. The van der Waals surface area contributed by atoms with Gasteiger partial charge in [-0.1, -0.05) is 11.6 Å². The van der Waals surface area contributed by atoms with Crippen molar-refractivity contribution in [1.29, 1.82) is 0 Å². The lowest BCUT2D eigenvalue weighted by Crippen LogP contribution is -2.00. The second kappa shape index (κ2) is 8.42. The Morgan fingerprint density at radius 1 is 0.857 bits per heavy atom. The number of imidazole rings is 2. The number of pyridine rings is 2. The molecule has 0 fully saturated rings. The Balaban J connectivity index is 0.000000161. The summed E-state index contributed by atoms with van der Waals surface area (Å²) >= 11 is 12.5. The number of halogens is 4. The summed E-state index contributed by atoms with van der Waals surface area (Å²) in [6.45, 7) is 8.12. The molecule has 4 rings (SSSR count). The van der Waals surface area contributed by atoms with Crippen LogP contribution in [0.5, 0.6) is 0 Å². The van der Waals surface area contributed by atoms with Gasteiger partial charge in [-0.3, -0.25) is 0 Å². The third-order valence-electron chi connectivity index (χ3n) is 4.07. The van der Waals surface area contributed by atoms with Gasteiger partial charge in [0.2, 0.25) is 5.95 Å². The molecule has 4 aromatic heterocycles. The van der Waals surface area contributed by atoms with Gasteiger partial charge in [0.05, 0.1) is 23.7 Å². The van der Waals surface area contributed by atoms with Gasteiger partial charge in [0, 0.05) is 12.1 Å². The zero-order valence-electron chi connectivity index (χ0n) is 15.7. The lowest BCUT2D eigenvalue weighted by molar-refractivity contribution is 0.561. The zero-order valence-corrected chi connectivity index (χ0v) is 19.6. The maximum atomic E-state index is 13.5. The molecular weight excluding hydrogens is 514 g/mol. The molecule has 0 atom stereocenters. The molecule has 4 heterocycles. The molecule has 0 spiro atoms. The van der Waals surface area contributed by atoms with Gasteiger partial charge in [-0.15, -0.1) is 0 Å². The Bertz CT molecular complexity index is 1050. The van der Waals surface area contributed by atoms with E-state index < -0.39 is 5.95 Å².